The van der Waals surface area contributed by atoms with Crippen molar-refractivity contribution in [2.75, 3.05) is 26.9 Å². The molecule has 5 nitrogen and oxygen atoms in total. The van der Waals surface area contributed by atoms with E-state index in [1.54, 1.807) is 26.0 Å². The first-order valence-electron chi connectivity index (χ1n) is 6.99. The summed E-state index contributed by atoms with van der Waals surface area (Å²) in [5.74, 6) is 4.35. The molecule has 0 rings (SSSR count). The van der Waals surface area contributed by atoms with Gasteiger partial charge in [0.1, 0.15) is 6.61 Å². The first kappa shape index (κ1) is 19.2. The van der Waals surface area contributed by atoms with Crippen LogP contribution in [-0.2, 0) is 23.8 Å². The molecule has 21 heavy (non-hydrogen) atoms. The third kappa shape index (κ3) is 6.01. The number of esters is 2. The van der Waals surface area contributed by atoms with Gasteiger partial charge in [0, 0.05) is 13.5 Å². The summed E-state index contributed by atoms with van der Waals surface area (Å²) in [5, 5.41) is 0. The minimum atomic E-state index is -1.42. The SMILES string of the molecule is C/C=C/CC(CC#CCOC)(C(=O)OCC)C(=O)OCC. The second-order valence-electron chi connectivity index (χ2n) is 4.26. The van der Waals surface area contributed by atoms with Crippen LogP contribution in [0.4, 0.5) is 0 Å². The van der Waals surface area contributed by atoms with Crippen molar-refractivity contribution in [2.24, 2.45) is 5.41 Å². The quantitative estimate of drug-likeness (QED) is 0.297. The average molecular weight is 296 g/mol. The van der Waals surface area contributed by atoms with Crippen LogP contribution in [0.1, 0.15) is 33.6 Å². The van der Waals surface area contributed by atoms with Gasteiger partial charge in [-0.25, -0.2) is 0 Å². The molecule has 0 N–H and O–H groups in total. The number of rotatable bonds is 8. The van der Waals surface area contributed by atoms with Crippen molar-refractivity contribution in [2.45, 2.75) is 33.6 Å². The Balaban J connectivity index is 5.44. The fourth-order valence-corrected chi connectivity index (χ4v) is 1.66. The molecule has 0 aliphatic rings. The lowest BCUT2D eigenvalue weighted by atomic mass is 9.81. The molecule has 0 radical (unpaired) electrons. The van der Waals surface area contributed by atoms with Crippen molar-refractivity contribution in [3.05, 3.63) is 12.2 Å². The molecule has 0 saturated carbocycles. The number of carbonyl (C=O) groups is 2. The van der Waals surface area contributed by atoms with E-state index in [1.807, 2.05) is 6.92 Å². The largest absolute Gasteiger partial charge is 0.465 e. The lowest BCUT2D eigenvalue weighted by Gasteiger charge is -2.26. The van der Waals surface area contributed by atoms with Gasteiger partial charge in [-0.3, -0.25) is 9.59 Å². The lowest BCUT2D eigenvalue weighted by Crippen LogP contribution is -2.41. The van der Waals surface area contributed by atoms with Gasteiger partial charge in [0.2, 0.25) is 0 Å². The van der Waals surface area contributed by atoms with Crippen LogP contribution in [0, 0.1) is 17.3 Å². The van der Waals surface area contributed by atoms with Gasteiger partial charge in [0.25, 0.3) is 0 Å². The minimum Gasteiger partial charge on any atom is -0.465 e. The van der Waals surface area contributed by atoms with Crippen LogP contribution in [0.3, 0.4) is 0 Å². The number of carbonyl (C=O) groups excluding carboxylic acids is 2. The molecule has 0 heterocycles. The number of methoxy groups -OCH3 is 1. The maximum Gasteiger partial charge on any atom is 0.324 e. The summed E-state index contributed by atoms with van der Waals surface area (Å²) in [6.07, 6.45) is 3.75. The van der Waals surface area contributed by atoms with Crippen LogP contribution in [-0.4, -0.2) is 38.9 Å². The Morgan fingerprint density at radius 1 is 1.10 bits per heavy atom. The van der Waals surface area contributed by atoms with Crippen LogP contribution >= 0.6 is 0 Å². The van der Waals surface area contributed by atoms with Crippen molar-refractivity contribution in [1.82, 2.24) is 0 Å². The van der Waals surface area contributed by atoms with E-state index < -0.39 is 17.4 Å². The van der Waals surface area contributed by atoms with E-state index in [2.05, 4.69) is 11.8 Å². The first-order chi connectivity index (χ1) is 10.1. The van der Waals surface area contributed by atoms with Crippen molar-refractivity contribution < 1.29 is 23.8 Å². The second-order valence-corrected chi connectivity index (χ2v) is 4.26. The minimum absolute atomic E-state index is 0.0400. The van der Waals surface area contributed by atoms with Crippen LogP contribution in [0.5, 0.6) is 0 Å². The Labute approximate surface area is 126 Å². The Hall–Kier alpha value is -1.80. The molecule has 0 atom stereocenters. The normalized spacial score (nSPS) is 10.9. The Bertz CT molecular complexity index is 396. The number of ether oxygens (including phenoxy) is 3. The predicted molar refractivity (Wildman–Crippen MR) is 79.4 cm³/mol. The molecule has 118 valence electrons. The second kappa shape index (κ2) is 10.9. The maximum atomic E-state index is 12.3. The first-order valence-corrected chi connectivity index (χ1v) is 6.99. The van der Waals surface area contributed by atoms with Crippen LogP contribution in [0.25, 0.3) is 0 Å². The Morgan fingerprint density at radius 3 is 2.10 bits per heavy atom. The summed E-state index contributed by atoms with van der Waals surface area (Å²) in [7, 11) is 1.53. The zero-order valence-electron chi connectivity index (χ0n) is 13.2. The summed E-state index contributed by atoms with van der Waals surface area (Å²) in [6, 6.07) is 0. The van der Waals surface area contributed by atoms with Crippen molar-refractivity contribution in [1.29, 1.82) is 0 Å². The molecule has 0 aliphatic carbocycles. The molecule has 0 spiro atoms. The third-order valence-electron chi connectivity index (χ3n) is 2.77. The highest BCUT2D eigenvalue weighted by atomic mass is 16.6. The van der Waals surface area contributed by atoms with E-state index in [1.165, 1.54) is 7.11 Å². The molecule has 0 amide bonds. The van der Waals surface area contributed by atoms with Crippen LogP contribution in [0.15, 0.2) is 12.2 Å². The molecule has 0 bridgehead atoms. The van der Waals surface area contributed by atoms with E-state index in [0.717, 1.165) is 0 Å². The molecule has 0 aromatic carbocycles. The lowest BCUT2D eigenvalue weighted by molar-refractivity contribution is -0.171. The van der Waals surface area contributed by atoms with Gasteiger partial charge in [-0.05, 0) is 27.2 Å². The Kier molecular flexibility index (Phi) is 9.99. The predicted octanol–water partition coefficient (Wildman–Crippen LogP) is 2.11. The van der Waals surface area contributed by atoms with Gasteiger partial charge < -0.3 is 14.2 Å². The number of hydrogen-bond donors (Lipinski definition) is 0. The van der Waals surface area contributed by atoms with E-state index in [4.69, 9.17) is 14.2 Å². The highest BCUT2D eigenvalue weighted by Crippen LogP contribution is 2.31. The van der Waals surface area contributed by atoms with Crippen molar-refractivity contribution in [3.63, 3.8) is 0 Å². The molecule has 0 aromatic heterocycles. The van der Waals surface area contributed by atoms with E-state index in [0.29, 0.717) is 0 Å². The van der Waals surface area contributed by atoms with E-state index in [9.17, 15) is 9.59 Å². The van der Waals surface area contributed by atoms with E-state index in [-0.39, 0.29) is 32.7 Å². The summed E-state index contributed by atoms with van der Waals surface area (Å²) in [5.41, 5.74) is -1.42. The topological polar surface area (TPSA) is 61.8 Å². The average Bonchev–Trinajstić information content (AvgIpc) is 2.47. The van der Waals surface area contributed by atoms with Crippen LogP contribution < -0.4 is 0 Å². The Morgan fingerprint density at radius 2 is 1.67 bits per heavy atom. The summed E-state index contributed by atoms with van der Waals surface area (Å²) >= 11 is 0. The molecule has 5 heteroatoms. The highest BCUT2D eigenvalue weighted by molar-refractivity contribution is 6.00. The summed E-state index contributed by atoms with van der Waals surface area (Å²) in [6.45, 7) is 5.84. The van der Waals surface area contributed by atoms with Gasteiger partial charge in [0.05, 0.1) is 13.2 Å². The molecular weight excluding hydrogens is 272 g/mol. The highest BCUT2D eigenvalue weighted by Gasteiger charge is 2.47. The molecular formula is C16H24O5. The van der Waals surface area contributed by atoms with Gasteiger partial charge in [0.15, 0.2) is 5.41 Å². The number of allylic oxidation sites excluding steroid dienone is 2. The zero-order chi connectivity index (χ0) is 16.1. The fourth-order valence-electron chi connectivity index (χ4n) is 1.66. The van der Waals surface area contributed by atoms with Gasteiger partial charge >= 0.3 is 11.9 Å². The number of hydrogen-bond acceptors (Lipinski definition) is 5. The zero-order valence-corrected chi connectivity index (χ0v) is 13.2. The van der Waals surface area contributed by atoms with Gasteiger partial charge in [-0.1, -0.05) is 24.0 Å². The molecule has 0 aromatic rings. The standard InChI is InChI=1S/C16H24O5/c1-5-8-11-16(14(17)20-6-2,15(18)21-7-3)12-9-10-13-19-4/h5,8H,6-7,11-13H2,1-4H3/b8-5+. The van der Waals surface area contributed by atoms with Crippen LogP contribution in [0.2, 0.25) is 0 Å². The van der Waals surface area contributed by atoms with Gasteiger partial charge in [-0.2, -0.15) is 0 Å². The summed E-state index contributed by atoms with van der Waals surface area (Å²) < 4.78 is 14.9. The van der Waals surface area contributed by atoms with Crippen molar-refractivity contribution in [3.8, 4) is 11.8 Å². The van der Waals surface area contributed by atoms with E-state index >= 15 is 0 Å². The monoisotopic (exact) mass is 296 g/mol. The molecule has 0 aliphatic heterocycles. The molecule has 0 unspecified atom stereocenters. The van der Waals surface area contributed by atoms with Gasteiger partial charge in [-0.15, -0.1) is 0 Å². The molecule has 0 fully saturated rings. The fraction of sp³-hybridized carbons (Fsp3) is 0.625. The maximum absolute atomic E-state index is 12.3. The molecule has 0 saturated heterocycles. The van der Waals surface area contributed by atoms with Crippen molar-refractivity contribution >= 4 is 11.9 Å². The summed E-state index contributed by atoms with van der Waals surface area (Å²) in [4.78, 5) is 24.6. The third-order valence-corrected chi connectivity index (χ3v) is 2.77. The smallest absolute Gasteiger partial charge is 0.324 e.